The van der Waals surface area contributed by atoms with Crippen LogP contribution in [0.25, 0.3) is 45.3 Å². The molecule has 1 aliphatic heterocycles. The van der Waals surface area contributed by atoms with Gasteiger partial charge in [0.2, 0.25) is 0 Å². The Hall–Kier alpha value is -4.67. The normalized spacial score (nSPS) is 15.6. The van der Waals surface area contributed by atoms with Gasteiger partial charge in [-0.2, -0.15) is 0 Å². The maximum absolute atomic E-state index is 5.10. The predicted octanol–water partition coefficient (Wildman–Crippen LogP) is 5.95. The smallest absolute Gasteiger partial charge is 0.164 e. The van der Waals surface area contributed by atoms with Gasteiger partial charge >= 0.3 is 0 Å². The summed E-state index contributed by atoms with van der Waals surface area (Å²) in [6, 6.07) is 46.8. The molecule has 0 saturated heterocycles. The molecule has 3 nitrogen and oxygen atoms in total. The number of aromatic nitrogens is 3. The molecule has 4 heteroatoms. The van der Waals surface area contributed by atoms with Crippen LogP contribution in [0.4, 0.5) is 0 Å². The second-order valence-corrected chi connectivity index (χ2v) is 13.7. The molecule has 1 atom stereocenters. The molecule has 0 aliphatic carbocycles. The minimum Gasteiger partial charge on any atom is -0.208 e. The van der Waals surface area contributed by atoms with E-state index >= 15 is 0 Å². The molecule has 38 heavy (non-hydrogen) atoms. The lowest BCUT2D eigenvalue weighted by Crippen LogP contribution is -2.62. The van der Waals surface area contributed by atoms with Crippen molar-refractivity contribution in [1.29, 1.82) is 0 Å². The second-order valence-electron chi connectivity index (χ2n) is 9.80. The van der Waals surface area contributed by atoms with Crippen molar-refractivity contribution >= 4 is 23.6 Å². The highest BCUT2D eigenvalue weighted by Gasteiger charge is 2.45. The minimum absolute atomic E-state index is 0.686. The largest absolute Gasteiger partial charge is 0.208 e. The summed E-state index contributed by atoms with van der Waals surface area (Å²) < 4.78 is 0. The van der Waals surface area contributed by atoms with Crippen LogP contribution in [0, 0.1) is 0 Å². The third-order valence-electron chi connectivity index (χ3n) is 7.61. The Morgan fingerprint density at radius 3 is 1.53 bits per heavy atom. The van der Waals surface area contributed by atoms with E-state index in [0.29, 0.717) is 11.6 Å². The number of hydrogen-bond donors (Lipinski definition) is 0. The fraction of sp³-hybridized carbons (Fsp3) is 0.0294. The van der Waals surface area contributed by atoms with E-state index in [1.165, 1.54) is 26.7 Å². The number of fused-ring (bicyclic) bond motifs is 3. The van der Waals surface area contributed by atoms with Gasteiger partial charge in [0, 0.05) is 16.7 Å². The molecule has 0 N–H and O–H groups in total. The van der Waals surface area contributed by atoms with Gasteiger partial charge in [-0.05, 0) is 26.7 Å². The van der Waals surface area contributed by atoms with Gasteiger partial charge in [0.15, 0.2) is 17.5 Å². The first kappa shape index (κ1) is 22.5. The van der Waals surface area contributed by atoms with Crippen LogP contribution in [0.15, 0.2) is 133 Å². The summed E-state index contributed by atoms with van der Waals surface area (Å²) in [6.07, 6.45) is 0. The zero-order chi connectivity index (χ0) is 25.5. The average molecular weight is 504 g/mol. The van der Waals surface area contributed by atoms with Gasteiger partial charge in [0.05, 0.1) is 0 Å². The van der Waals surface area contributed by atoms with Crippen LogP contribution >= 0.6 is 0 Å². The van der Waals surface area contributed by atoms with E-state index in [1.54, 1.807) is 0 Å². The first-order valence-electron chi connectivity index (χ1n) is 12.9. The van der Waals surface area contributed by atoms with E-state index in [9.17, 15) is 0 Å². The Kier molecular flexibility index (Phi) is 5.34. The Bertz CT molecular complexity index is 1710. The molecular formula is C34H25N3Si. The molecule has 0 bridgehead atoms. The van der Waals surface area contributed by atoms with Crippen molar-refractivity contribution in [2.45, 2.75) is 6.55 Å². The molecule has 0 radical (unpaired) electrons. The van der Waals surface area contributed by atoms with Gasteiger partial charge in [-0.1, -0.05) is 140 Å². The SMILES string of the molecule is C[Si]1(c2ccccc2)c2ccccc2-c2cccc(-c3nc(-c4ccccc4)nc(-c4ccccc4)n3)c21. The fourth-order valence-corrected chi connectivity index (χ4v) is 10.2. The second kappa shape index (κ2) is 9.01. The van der Waals surface area contributed by atoms with Crippen LogP contribution in [-0.2, 0) is 0 Å². The molecule has 7 rings (SSSR count). The van der Waals surface area contributed by atoms with Gasteiger partial charge in [0.1, 0.15) is 8.07 Å². The molecule has 5 aromatic carbocycles. The molecular weight excluding hydrogens is 478 g/mol. The summed E-state index contributed by atoms with van der Waals surface area (Å²) >= 11 is 0. The van der Waals surface area contributed by atoms with Crippen molar-refractivity contribution in [2.75, 3.05) is 0 Å². The standard InChI is InChI=1S/C34H25N3Si/c1-38(26-18-9-4-10-19-26)30-23-12-11-20-27(30)28-21-13-22-29(31(28)38)34-36-32(24-14-5-2-6-15-24)35-33(37-34)25-16-7-3-8-17-25/h2-23H,1H3. The van der Waals surface area contributed by atoms with Crippen molar-refractivity contribution in [3.63, 3.8) is 0 Å². The summed E-state index contributed by atoms with van der Waals surface area (Å²) in [7, 11) is -2.32. The van der Waals surface area contributed by atoms with E-state index in [4.69, 9.17) is 15.0 Å². The van der Waals surface area contributed by atoms with E-state index in [0.717, 1.165) is 22.5 Å². The fourth-order valence-electron chi connectivity index (χ4n) is 5.79. The summed E-state index contributed by atoms with van der Waals surface area (Å²) in [5.41, 5.74) is 5.66. The molecule has 0 amide bonds. The molecule has 0 saturated carbocycles. The van der Waals surface area contributed by atoms with Crippen LogP contribution < -0.4 is 15.6 Å². The number of hydrogen-bond acceptors (Lipinski definition) is 3. The van der Waals surface area contributed by atoms with Gasteiger partial charge in [-0.25, -0.2) is 15.0 Å². The summed E-state index contributed by atoms with van der Waals surface area (Å²) in [5, 5.41) is 4.20. The van der Waals surface area contributed by atoms with Crippen molar-refractivity contribution in [3.05, 3.63) is 133 Å². The first-order chi connectivity index (χ1) is 18.7. The summed E-state index contributed by atoms with van der Waals surface area (Å²) in [5.74, 6) is 2.09. The van der Waals surface area contributed by atoms with Crippen LogP contribution in [0.3, 0.4) is 0 Å². The highest BCUT2D eigenvalue weighted by atomic mass is 28.3. The zero-order valence-electron chi connectivity index (χ0n) is 21.0. The molecule has 0 fully saturated rings. The third kappa shape index (κ3) is 3.53. The van der Waals surface area contributed by atoms with E-state index in [2.05, 4.69) is 104 Å². The molecule has 180 valence electrons. The summed E-state index contributed by atoms with van der Waals surface area (Å²) in [4.78, 5) is 15.1. The van der Waals surface area contributed by atoms with Gasteiger partial charge in [-0.15, -0.1) is 0 Å². The molecule has 6 aromatic rings. The van der Waals surface area contributed by atoms with E-state index < -0.39 is 8.07 Å². The van der Waals surface area contributed by atoms with E-state index in [1.807, 2.05) is 36.4 Å². The van der Waals surface area contributed by atoms with Crippen LogP contribution in [-0.4, -0.2) is 23.0 Å². The van der Waals surface area contributed by atoms with Crippen LogP contribution in [0.2, 0.25) is 6.55 Å². The maximum Gasteiger partial charge on any atom is 0.164 e. The van der Waals surface area contributed by atoms with Crippen LogP contribution in [0.1, 0.15) is 0 Å². The topological polar surface area (TPSA) is 38.7 Å². The van der Waals surface area contributed by atoms with Crippen molar-refractivity contribution in [2.24, 2.45) is 0 Å². The van der Waals surface area contributed by atoms with Crippen molar-refractivity contribution in [3.8, 4) is 45.3 Å². The highest BCUT2D eigenvalue weighted by Crippen LogP contribution is 2.33. The Morgan fingerprint density at radius 1 is 0.421 bits per heavy atom. The summed E-state index contributed by atoms with van der Waals surface area (Å²) in [6.45, 7) is 2.47. The maximum atomic E-state index is 5.10. The Balaban J connectivity index is 1.53. The number of nitrogens with zero attached hydrogens (tertiary/aromatic N) is 3. The average Bonchev–Trinajstić information content (AvgIpc) is 3.28. The van der Waals surface area contributed by atoms with Crippen molar-refractivity contribution in [1.82, 2.24) is 15.0 Å². The van der Waals surface area contributed by atoms with Gasteiger partial charge in [-0.3, -0.25) is 0 Å². The highest BCUT2D eigenvalue weighted by molar-refractivity contribution is 7.14. The number of rotatable bonds is 4. The Labute approximate surface area is 223 Å². The predicted molar refractivity (Wildman–Crippen MR) is 159 cm³/mol. The van der Waals surface area contributed by atoms with Crippen LogP contribution in [0.5, 0.6) is 0 Å². The third-order valence-corrected chi connectivity index (χ3v) is 12.2. The Morgan fingerprint density at radius 2 is 0.895 bits per heavy atom. The molecule has 2 heterocycles. The lowest BCUT2D eigenvalue weighted by Gasteiger charge is -2.27. The van der Waals surface area contributed by atoms with Gasteiger partial charge < -0.3 is 0 Å². The molecule has 1 aromatic heterocycles. The van der Waals surface area contributed by atoms with Gasteiger partial charge in [0.25, 0.3) is 0 Å². The molecule has 1 aliphatic rings. The lowest BCUT2D eigenvalue weighted by atomic mass is 10.0. The zero-order valence-corrected chi connectivity index (χ0v) is 22.0. The molecule has 1 unspecified atom stereocenters. The van der Waals surface area contributed by atoms with Crippen molar-refractivity contribution < 1.29 is 0 Å². The lowest BCUT2D eigenvalue weighted by molar-refractivity contribution is 1.08. The quantitative estimate of drug-likeness (QED) is 0.279. The first-order valence-corrected chi connectivity index (χ1v) is 15.4. The number of benzene rings is 5. The monoisotopic (exact) mass is 503 g/mol. The molecule has 0 spiro atoms. The minimum atomic E-state index is -2.32. The van der Waals surface area contributed by atoms with E-state index in [-0.39, 0.29) is 0 Å².